The summed E-state index contributed by atoms with van der Waals surface area (Å²) in [4.78, 5) is 12.1. The smallest absolute Gasteiger partial charge is 0.399 e. The van der Waals surface area contributed by atoms with Gasteiger partial charge in [-0.3, -0.25) is 16.1 Å². The number of anilines is 1. The SMILES string of the molecule is CNC(=O)c1cc(C)c(C)cc1Cc1cc(N)cc(C(F)(F)F)c1.CNN. The molecule has 2 aromatic carbocycles. The Labute approximate surface area is 156 Å². The van der Waals surface area contributed by atoms with Crippen molar-refractivity contribution >= 4 is 11.6 Å². The predicted molar refractivity (Wildman–Crippen MR) is 101 cm³/mol. The molecule has 6 N–H and O–H groups in total. The van der Waals surface area contributed by atoms with Crippen molar-refractivity contribution in [2.45, 2.75) is 26.4 Å². The average molecular weight is 382 g/mol. The van der Waals surface area contributed by atoms with Gasteiger partial charge in [0.15, 0.2) is 0 Å². The van der Waals surface area contributed by atoms with E-state index in [0.29, 0.717) is 16.7 Å². The van der Waals surface area contributed by atoms with E-state index in [0.717, 1.165) is 23.3 Å². The number of hydrogen-bond donors (Lipinski definition) is 4. The highest BCUT2D eigenvalue weighted by Crippen LogP contribution is 2.32. The molecule has 8 heteroatoms. The maximum absolute atomic E-state index is 12.9. The van der Waals surface area contributed by atoms with Gasteiger partial charge in [-0.25, -0.2) is 0 Å². The highest BCUT2D eigenvalue weighted by molar-refractivity contribution is 5.96. The third-order valence-electron chi connectivity index (χ3n) is 3.93. The van der Waals surface area contributed by atoms with Crippen LogP contribution in [-0.4, -0.2) is 20.0 Å². The molecule has 0 radical (unpaired) electrons. The first-order chi connectivity index (χ1) is 12.5. The van der Waals surface area contributed by atoms with Gasteiger partial charge in [0.25, 0.3) is 5.91 Å². The first-order valence-electron chi connectivity index (χ1n) is 8.19. The number of benzene rings is 2. The molecule has 1 amide bonds. The molecule has 0 bridgehead atoms. The summed E-state index contributed by atoms with van der Waals surface area (Å²) >= 11 is 0. The van der Waals surface area contributed by atoms with E-state index < -0.39 is 11.7 Å². The summed E-state index contributed by atoms with van der Waals surface area (Å²) in [5.74, 6) is 4.33. The fourth-order valence-electron chi connectivity index (χ4n) is 2.57. The zero-order valence-corrected chi connectivity index (χ0v) is 15.8. The molecular weight excluding hydrogens is 357 g/mol. The van der Waals surface area contributed by atoms with E-state index in [1.54, 1.807) is 13.1 Å². The van der Waals surface area contributed by atoms with Gasteiger partial charge in [0.05, 0.1) is 5.56 Å². The number of carbonyl (C=O) groups excluding carboxylic acids is 1. The summed E-state index contributed by atoms with van der Waals surface area (Å²) in [5, 5.41) is 2.56. The summed E-state index contributed by atoms with van der Waals surface area (Å²) in [6.45, 7) is 3.78. The van der Waals surface area contributed by atoms with E-state index in [1.807, 2.05) is 19.9 Å². The molecule has 0 aliphatic carbocycles. The van der Waals surface area contributed by atoms with Crippen molar-refractivity contribution in [3.05, 3.63) is 63.7 Å². The van der Waals surface area contributed by atoms with Crippen LogP contribution in [0.3, 0.4) is 0 Å². The lowest BCUT2D eigenvalue weighted by molar-refractivity contribution is -0.137. The standard InChI is InChI=1S/C18H19F3N2O.CH6N2/c1-10-4-13(16(5-11(10)2)17(24)23-3)6-12-7-14(18(19,20)21)9-15(22)8-12;1-3-2/h4-5,7-9H,6,22H2,1-3H3,(H,23,24);3H,2H2,1H3. The lowest BCUT2D eigenvalue weighted by Gasteiger charge is -2.14. The van der Waals surface area contributed by atoms with Crippen molar-refractivity contribution in [3.63, 3.8) is 0 Å². The number of carbonyl (C=O) groups is 1. The van der Waals surface area contributed by atoms with E-state index in [4.69, 9.17) is 5.73 Å². The number of hydrogen-bond acceptors (Lipinski definition) is 4. The molecule has 0 spiro atoms. The fraction of sp³-hybridized carbons (Fsp3) is 0.316. The lowest BCUT2D eigenvalue weighted by Crippen LogP contribution is -2.20. The van der Waals surface area contributed by atoms with Gasteiger partial charge in [-0.1, -0.05) is 6.07 Å². The molecule has 2 rings (SSSR count). The van der Waals surface area contributed by atoms with Crippen LogP contribution in [-0.2, 0) is 12.6 Å². The van der Waals surface area contributed by atoms with Crippen molar-refractivity contribution in [2.24, 2.45) is 5.84 Å². The van der Waals surface area contributed by atoms with Gasteiger partial charge in [-0.2, -0.15) is 13.2 Å². The second kappa shape index (κ2) is 9.38. The average Bonchev–Trinajstić information content (AvgIpc) is 2.56. The maximum atomic E-state index is 12.9. The van der Waals surface area contributed by atoms with Crippen LogP contribution in [0.4, 0.5) is 18.9 Å². The highest BCUT2D eigenvalue weighted by Gasteiger charge is 2.31. The Kier molecular flexibility index (Phi) is 7.81. The quantitative estimate of drug-likeness (QED) is 0.373. The molecule has 0 atom stereocenters. The second-order valence-corrected chi connectivity index (χ2v) is 6.10. The Hall–Kier alpha value is -2.58. The maximum Gasteiger partial charge on any atom is 0.416 e. The predicted octanol–water partition coefficient (Wildman–Crippen LogP) is 2.93. The van der Waals surface area contributed by atoms with Crippen molar-refractivity contribution in [1.82, 2.24) is 10.7 Å². The molecule has 0 aliphatic heterocycles. The van der Waals surface area contributed by atoms with Crippen molar-refractivity contribution < 1.29 is 18.0 Å². The van der Waals surface area contributed by atoms with Crippen LogP contribution in [0.2, 0.25) is 0 Å². The third-order valence-corrected chi connectivity index (χ3v) is 3.93. The van der Waals surface area contributed by atoms with Crippen LogP contribution in [0.5, 0.6) is 0 Å². The number of nitrogen functional groups attached to an aromatic ring is 1. The summed E-state index contributed by atoms with van der Waals surface area (Å²) in [5.41, 5.74) is 10.6. The Morgan fingerprint density at radius 3 is 2.11 bits per heavy atom. The number of halogens is 3. The largest absolute Gasteiger partial charge is 0.416 e. The summed E-state index contributed by atoms with van der Waals surface area (Å²) in [6.07, 6.45) is -4.27. The zero-order valence-electron chi connectivity index (χ0n) is 15.8. The number of alkyl halides is 3. The van der Waals surface area contributed by atoms with Crippen molar-refractivity contribution in [1.29, 1.82) is 0 Å². The number of nitrogens with two attached hydrogens (primary N) is 2. The normalized spacial score (nSPS) is 10.8. The Bertz CT molecular complexity index is 804. The second-order valence-electron chi connectivity index (χ2n) is 6.10. The molecule has 0 saturated carbocycles. The van der Waals surface area contributed by atoms with E-state index in [2.05, 4.69) is 16.6 Å². The van der Waals surface area contributed by atoms with Gasteiger partial charge in [0, 0.05) is 18.3 Å². The molecule has 0 fully saturated rings. The van der Waals surface area contributed by atoms with Gasteiger partial charge in [0.2, 0.25) is 0 Å². The summed E-state index contributed by atoms with van der Waals surface area (Å²) in [6, 6.07) is 7.05. The van der Waals surface area contributed by atoms with Gasteiger partial charge >= 0.3 is 6.18 Å². The van der Waals surface area contributed by atoms with E-state index in [9.17, 15) is 18.0 Å². The lowest BCUT2D eigenvalue weighted by atomic mass is 9.93. The zero-order chi connectivity index (χ0) is 20.8. The van der Waals surface area contributed by atoms with Crippen LogP contribution >= 0.6 is 0 Å². The van der Waals surface area contributed by atoms with Gasteiger partial charge in [-0.05, 0) is 73.8 Å². The van der Waals surface area contributed by atoms with Crippen LogP contribution in [0.25, 0.3) is 0 Å². The van der Waals surface area contributed by atoms with Crippen molar-refractivity contribution in [3.8, 4) is 0 Å². The Balaban J connectivity index is 0.00000114. The number of rotatable bonds is 3. The summed E-state index contributed by atoms with van der Waals surface area (Å²) < 4.78 is 38.8. The van der Waals surface area contributed by atoms with Gasteiger partial charge in [0.1, 0.15) is 0 Å². The summed E-state index contributed by atoms with van der Waals surface area (Å²) in [7, 11) is 3.17. The first kappa shape index (κ1) is 22.5. The topological polar surface area (TPSA) is 93.2 Å². The minimum atomic E-state index is -4.46. The van der Waals surface area contributed by atoms with E-state index in [1.165, 1.54) is 13.1 Å². The van der Waals surface area contributed by atoms with Crippen LogP contribution in [0.15, 0.2) is 30.3 Å². The number of hydrazine groups is 1. The Morgan fingerprint density at radius 2 is 1.59 bits per heavy atom. The van der Waals surface area contributed by atoms with Crippen LogP contribution in [0.1, 0.15) is 38.2 Å². The number of aryl methyl sites for hydroxylation is 2. The monoisotopic (exact) mass is 382 g/mol. The number of amides is 1. The molecule has 0 saturated heterocycles. The van der Waals surface area contributed by atoms with Crippen LogP contribution in [0, 0.1) is 13.8 Å². The molecule has 0 aromatic heterocycles. The molecule has 0 aliphatic rings. The molecule has 148 valence electrons. The minimum absolute atomic E-state index is 0.0464. The third kappa shape index (κ3) is 6.26. The minimum Gasteiger partial charge on any atom is -0.399 e. The van der Waals surface area contributed by atoms with Gasteiger partial charge in [-0.15, -0.1) is 0 Å². The van der Waals surface area contributed by atoms with Crippen molar-refractivity contribution in [2.75, 3.05) is 19.8 Å². The fourth-order valence-corrected chi connectivity index (χ4v) is 2.57. The molecule has 2 aromatic rings. The number of nitrogens with one attached hydrogen (secondary N) is 2. The molecule has 27 heavy (non-hydrogen) atoms. The molecule has 5 nitrogen and oxygen atoms in total. The van der Waals surface area contributed by atoms with E-state index >= 15 is 0 Å². The van der Waals surface area contributed by atoms with Gasteiger partial charge < -0.3 is 11.1 Å². The Morgan fingerprint density at radius 1 is 1.04 bits per heavy atom. The molecular formula is C19H25F3N4O. The van der Waals surface area contributed by atoms with Crippen LogP contribution < -0.4 is 22.3 Å². The molecule has 0 unspecified atom stereocenters. The molecule has 0 heterocycles. The first-order valence-corrected chi connectivity index (χ1v) is 8.19. The highest BCUT2D eigenvalue weighted by atomic mass is 19.4. The van der Waals surface area contributed by atoms with E-state index in [-0.39, 0.29) is 18.0 Å².